The van der Waals surface area contributed by atoms with Gasteiger partial charge < -0.3 is 31.1 Å². The van der Waals surface area contributed by atoms with Gasteiger partial charge >= 0.3 is 0 Å². The van der Waals surface area contributed by atoms with E-state index >= 15 is 0 Å². The standard InChI is InChI=1S/C19H30N4O5.ClH/c1-5-6-14(20)17(25)18(26)21-11-15(24)22-16(19(27)23(2)3)12-7-9-13(28-4)10-8-12;/h7-10,14,16-17,25H,5-6,11,20H2,1-4H3,(H,21,26)(H,22,24);1H/t14-,16-,17?;/m0./s1. The molecular formula is C19H31ClN4O5. The van der Waals surface area contributed by atoms with Crippen molar-refractivity contribution in [3.63, 3.8) is 0 Å². The maximum atomic E-state index is 12.5. The molecule has 0 saturated heterocycles. The van der Waals surface area contributed by atoms with Gasteiger partial charge in [0.15, 0.2) is 0 Å². The largest absolute Gasteiger partial charge is 0.497 e. The van der Waals surface area contributed by atoms with Gasteiger partial charge in [-0.2, -0.15) is 0 Å². The Morgan fingerprint density at radius 2 is 1.79 bits per heavy atom. The first-order chi connectivity index (χ1) is 13.2. The molecule has 0 fully saturated rings. The van der Waals surface area contributed by atoms with Crippen molar-refractivity contribution >= 4 is 30.1 Å². The molecular weight excluding hydrogens is 400 g/mol. The van der Waals surface area contributed by atoms with E-state index in [9.17, 15) is 19.5 Å². The number of likely N-dealkylation sites (N-methyl/N-ethyl adjacent to an activating group) is 1. The van der Waals surface area contributed by atoms with E-state index in [2.05, 4.69) is 10.6 Å². The number of nitrogens with zero attached hydrogens (tertiary/aromatic N) is 1. The van der Waals surface area contributed by atoms with Gasteiger partial charge in [-0.05, 0) is 24.1 Å². The molecule has 3 atom stereocenters. The molecule has 0 aromatic heterocycles. The van der Waals surface area contributed by atoms with Gasteiger partial charge in [-0.15, -0.1) is 12.4 Å². The summed E-state index contributed by atoms with van der Waals surface area (Å²) in [5.41, 5.74) is 6.29. The number of aliphatic hydroxyl groups excluding tert-OH is 1. The van der Waals surface area contributed by atoms with E-state index in [1.807, 2.05) is 6.92 Å². The van der Waals surface area contributed by atoms with Gasteiger partial charge in [0.05, 0.1) is 13.7 Å². The van der Waals surface area contributed by atoms with Gasteiger partial charge in [-0.25, -0.2) is 0 Å². The number of aliphatic hydroxyl groups is 1. The van der Waals surface area contributed by atoms with Crippen LogP contribution in [0.25, 0.3) is 0 Å². The molecule has 1 aromatic carbocycles. The van der Waals surface area contributed by atoms with Crippen molar-refractivity contribution in [1.29, 1.82) is 0 Å². The number of amides is 3. The topological polar surface area (TPSA) is 134 Å². The van der Waals surface area contributed by atoms with Crippen LogP contribution >= 0.6 is 12.4 Å². The fourth-order valence-electron chi connectivity index (χ4n) is 2.51. The molecule has 5 N–H and O–H groups in total. The van der Waals surface area contributed by atoms with Crippen molar-refractivity contribution in [1.82, 2.24) is 15.5 Å². The molecule has 1 unspecified atom stereocenters. The summed E-state index contributed by atoms with van der Waals surface area (Å²) in [6.45, 7) is 1.50. The van der Waals surface area contributed by atoms with Crippen molar-refractivity contribution in [3.05, 3.63) is 29.8 Å². The second kappa shape index (κ2) is 13.0. The third kappa shape index (κ3) is 8.26. The minimum atomic E-state index is -1.39. The number of hydrogen-bond acceptors (Lipinski definition) is 6. The Morgan fingerprint density at radius 1 is 1.21 bits per heavy atom. The average molecular weight is 431 g/mol. The first-order valence-corrected chi connectivity index (χ1v) is 9.07. The summed E-state index contributed by atoms with van der Waals surface area (Å²) in [4.78, 5) is 38.0. The van der Waals surface area contributed by atoms with E-state index in [1.54, 1.807) is 38.4 Å². The van der Waals surface area contributed by atoms with E-state index in [0.717, 1.165) is 6.42 Å². The number of methoxy groups -OCH3 is 1. The Hall–Kier alpha value is -2.36. The minimum Gasteiger partial charge on any atom is -0.497 e. The van der Waals surface area contributed by atoms with Crippen LogP contribution in [0.2, 0.25) is 0 Å². The van der Waals surface area contributed by atoms with E-state index in [1.165, 1.54) is 12.0 Å². The highest BCUT2D eigenvalue weighted by Crippen LogP contribution is 2.19. The highest BCUT2D eigenvalue weighted by Gasteiger charge is 2.26. The molecule has 0 aliphatic heterocycles. The second-order valence-electron chi connectivity index (χ2n) is 6.62. The van der Waals surface area contributed by atoms with Crippen LogP contribution in [-0.2, 0) is 14.4 Å². The Kier molecular flexibility index (Phi) is 11.9. The maximum Gasteiger partial charge on any atom is 0.250 e. The Balaban J connectivity index is 0.00000784. The van der Waals surface area contributed by atoms with E-state index in [0.29, 0.717) is 17.7 Å². The summed E-state index contributed by atoms with van der Waals surface area (Å²) in [6, 6.07) is 5.11. The lowest BCUT2D eigenvalue weighted by molar-refractivity contribution is -0.135. The van der Waals surface area contributed by atoms with Crippen LogP contribution in [0.1, 0.15) is 31.4 Å². The first-order valence-electron chi connectivity index (χ1n) is 9.07. The number of benzene rings is 1. The quantitative estimate of drug-likeness (QED) is 0.411. The van der Waals surface area contributed by atoms with E-state index < -0.39 is 30.0 Å². The first kappa shape index (κ1) is 26.6. The van der Waals surface area contributed by atoms with Crippen molar-refractivity contribution in [2.45, 2.75) is 38.0 Å². The number of rotatable bonds is 10. The number of ether oxygens (including phenoxy) is 1. The summed E-state index contributed by atoms with van der Waals surface area (Å²) in [6.07, 6.45) is -0.187. The zero-order chi connectivity index (χ0) is 21.3. The minimum absolute atomic E-state index is 0. The lowest BCUT2D eigenvalue weighted by Gasteiger charge is -2.23. The second-order valence-corrected chi connectivity index (χ2v) is 6.62. The molecule has 1 aromatic rings. The SMILES string of the molecule is CCC[C@H](N)C(O)C(=O)NCC(=O)N[C@H](C(=O)N(C)C)c1ccc(OC)cc1.Cl. The van der Waals surface area contributed by atoms with Crippen molar-refractivity contribution < 1.29 is 24.2 Å². The highest BCUT2D eigenvalue weighted by atomic mass is 35.5. The maximum absolute atomic E-state index is 12.5. The predicted molar refractivity (Wildman–Crippen MR) is 112 cm³/mol. The predicted octanol–water partition coefficient (Wildman–Crippen LogP) is -0.0330. The molecule has 0 heterocycles. The van der Waals surface area contributed by atoms with E-state index in [4.69, 9.17) is 10.5 Å². The van der Waals surface area contributed by atoms with Crippen LogP contribution in [0, 0.1) is 0 Å². The summed E-state index contributed by atoms with van der Waals surface area (Å²) in [5.74, 6) is -0.998. The monoisotopic (exact) mass is 430 g/mol. The molecule has 10 heteroatoms. The van der Waals surface area contributed by atoms with Crippen LogP contribution in [-0.4, -0.2) is 67.6 Å². The highest BCUT2D eigenvalue weighted by molar-refractivity contribution is 5.91. The Bertz CT molecular complexity index is 669. The summed E-state index contributed by atoms with van der Waals surface area (Å²) < 4.78 is 5.10. The lowest BCUT2D eigenvalue weighted by Crippen LogP contribution is -2.49. The smallest absolute Gasteiger partial charge is 0.250 e. The number of carbonyl (C=O) groups excluding carboxylic acids is 3. The van der Waals surface area contributed by atoms with Gasteiger partial charge in [-0.3, -0.25) is 14.4 Å². The Morgan fingerprint density at radius 3 is 2.28 bits per heavy atom. The number of halogens is 1. The number of hydrogen-bond donors (Lipinski definition) is 4. The molecule has 0 aliphatic rings. The van der Waals surface area contributed by atoms with Crippen LogP contribution in [0.5, 0.6) is 5.75 Å². The van der Waals surface area contributed by atoms with Crippen molar-refractivity contribution in [3.8, 4) is 5.75 Å². The molecule has 0 aliphatic carbocycles. The number of nitrogens with one attached hydrogen (secondary N) is 2. The third-order valence-electron chi connectivity index (χ3n) is 4.16. The molecule has 0 saturated carbocycles. The zero-order valence-corrected chi connectivity index (χ0v) is 18.0. The van der Waals surface area contributed by atoms with Crippen LogP contribution in [0.4, 0.5) is 0 Å². The normalized spacial score (nSPS) is 13.3. The summed E-state index contributed by atoms with van der Waals surface area (Å²) in [5, 5.41) is 14.8. The van der Waals surface area contributed by atoms with Crippen LogP contribution in [0.15, 0.2) is 24.3 Å². The zero-order valence-electron chi connectivity index (χ0n) is 17.2. The molecule has 164 valence electrons. The molecule has 29 heavy (non-hydrogen) atoms. The van der Waals surface area contributed by atoms with Gasteiger partial charge in [-0.1, -0.05) is 25.5 Å². The van der Waals surface area contributed by atoms with Crippen molar-refractivity contribution in [2.24, 2.45) is 5.73 Å². The van der Waals surface area contributed by atoms with Gasteiger partial charge in [0.25, 0.3) is 5.91 Å². The Labute approximate surface area is 177 Å². The van der Waals surface area contributed by atoms with Crippen LogP contribution < -0.4 is 21.1 Å². The average Bonchev–Trinajstić information content (AvgIpc) is 2.69. The lowest BCUT2D eigenvalue weighted by atomic mass is 10.1. The summed E-state index contributed by atoms with van der Waals surface area (Å²) in [7, 11) is 4.69. The molecule has 0 radical (unpaired) electrons. The molecule has 0 spiro atoms. The van der Waals surface area contributed by atoms with E-state index in [-0.39, 0.29) is 24.9 Å². The van der Waals surface area contributed by atoms with Crippen molar-refractivity contribution in [2.75, 3.05) is 27.7 Å². The van der Waals surface area contributed by atoms with Gasteiger partial charge in [0, 0.05) is 20.1 Å². The van der Waals surface area contributed by atoms with Gasteiger partial charge in [0.1, 0.15) is 17.9 Å². The molecule has 3 amide bonds. The fourth-order valence-corrected chi connectivity index (χ4v) is 2.51. The fraction of sp³-hybridized carbons (Fsp3) is 0.526. The van der Waals surface area contributed by atoms with Crippen LogP contribution in [0.3, 0.4) is 0 Å². The number of carbonyl (C=O) groups is 3. The summed E-state index contributed by atoms with van der Waals surface area (Å²) >= 11 is 0. The van der Waals surface area contributed by atoms with Gasteiger partial charge in [0.2, 0.25) is 11.8 Å². The third-order valence-corrected chi connectivity index (χ3v) is 4.16. The molecule has 0 bridgehead atoms. The molecule has 1 rings (SSSR count). The number of nitrogens with two attached hydrogens (primary N) is 1. The molecule has 9 nitrogen and oxygen atoms in total.